The van der Waals surface area contributed by atoms with Crippen LogP contribution in [0.5, 0.6) is 0 Å². The molecule has 0 aromatic heterocycles. The van der Waals surface area contributed by atoms with Crippen molar-refractivity contribution in [3.63, 3.8) is 0 Å². The number of carbonyl (C=O) groups excluding carboxylic acids is 1. The minimum Gasteiger partial charge on any atom is -0.462 e. The number of ether oxygens (including phenoxy) is 1. The van der Waals surface area contributed by atoms with Crippen molar-refractivity contribution in [3.05, 3.63) is 0 Å². The van der Waals surface area contributed by atoms with Gasteiger partial charge in [-0.15, -0.1) is 0 Å². The Labute approximate surface area is 90.0 Å². The topological polar surface area (TPSA) is 38.3 Å². The fourth-order valence-electron chi connectivity index (χ4n) is 1.45. The van der Waals surface area contributed by atoms with E-state index in [-0.39, 0.29) is 12.1 Å². The third-order valence-electron chi connectivity index (χ3n) is 2.03. The second-order valence-corrected chi connectivity index (χ2v) is 5.21. The van der Waals surface area contributed by atoms with E-state index in [2.05, 4.69) is 5.32 Å². The average molecular weight is 217 g/mol. The molecule has 1 N–H and O–H groups in total. The maximum absolute atomic E-state index is 11.1. The monoisotopic (exact) mass is 217 g/mol. The quantitative estimate of drug-likeness (QED) is 0.707. The van der Waals surface area contributed by atoms with Gasteiger partial charge in [-0.05, 0) is 32.4 Å². The number of rotatable bonds is 5. The van der Waals surface area contributed by atoms with E-state index in [1.807, 2.05) is 25.6 Å². The Balaban J connectivity index is 1.99. The van der Waals surface area contributed by atoms with Crippen molar-refractivity contribution in [3.8, 4) is 0 Å². The van der Waals surface area contributed by atoms with Crippen molar-refractivity contribution < 1.29 is 9.53 Å². The standard InChI is InChI=1S/C10H19NO2S/c1-8(2)13-10(12)7-11-6-9-4-3-5-14-9/h8-9,11H,3-7H2,1-2H3. The first-order chi connectivity index (χ1) is 6.68. The summed E-state index contributed by atoms with van der Waals surface area (Å²) in [5.41, 5.74) is 0. The zero-order chi connectivity index (χ0) is 10.4. The van der Waals surface area contributed by atoms with Gasteiger partial charge in [0, 0.05) is 11.8 Å². The van der Waals surface area contributed by atoms with Crippen LogP contribution in [0.25, 0.3) is 0 Å². The summed E-state index contributed by atoms with van der Waals surface area (Å²) in [7, 11) is 0. The molecule has 1 rings (SSSR count). The van der Waals surface area contributed by atoms with Gasteiger partial charge in [-0.25, -0.2) is 0 Å². The molecule has 82 valence electrons. The Morgan fingerprint density at radius 3 is 3.00 bits per heavy atom. The first-order valence-corrected chi connectivity index (χ1v) is 6.25. The van der Waals surface area contributed by atoms with Crippen LogP contribution in [0.2, 0.25) is 0 Å². The molecular formula is C10H19NO2S. The zero-order valence-corrected chi connectivity index (χ0v) is 9.73. The Morgan fingerprint density at radius 1 is 1.64 bits per heavy atom. The molecule has 3 nitrogen and oxygen atoms in total. The molecule has 0 radical (unpaired) electrons. The maximum Gasteiger partial charge on any atom is 0.320 e. The lowest BCUT2D eigenvalue weighted by Gasteiger charge is -2.11. The lowest BCUT2D eigenvalue weighted by Crippen LogP contribution is -2.31. The molecule has 0 bridgehead atoms. The molecule has 4 heteroatoms. The summed E-state index contributed by atoms with van der Waals surface area (Å²) < 4.78 is 5.01. The first-order valence-electron chi connectivity index (χ1n) is 5.20. The van der Waals surface area contributed by atoms with E-state index < -0.39 is 0 Å². The van der Waals surface area contributed by atoms with Gasteiger partial charge in [-0.1, -0.05) is 0 Å². The van der Waals surface area contributed by atoms with Crippen molar-refractivity contribution in [2.24, 2.45) is 0 Å². The molecule has 1 aliphatic rings. The Hall–Kier alpha value is -0.220. The van der Waals surface area contributed by atoms with E-state index in [0.29, 0.717) is 11.8 Å². The number of thioether (sulfide) groups is 1. The van der Waals surface area contributed by atoms with Crippen LogP contribution >= 0.6 is 11.8 Å². The summed E-state index contributed by atoms with van der Waals surface area (Å²) in [5.74, 6) is 1.12. The number of hydrogen-bond donors (Lipinski definition) is 1. The van der Waals surface area contributed by atoms with E-state index >= 15 is 0 Å². The van der Waals surface area contributed by atoms with Crippen LogP contribution in [0.3, 0.4) is 0 Å². The molecule has 0 saturated carbocycles. The second kappa shape index (κ2) is 6.30. The Kier molecular flexibility index (Phi) is 5.33. The predicted octanol–water partition coefficient (Wildman–Crippen LogP) is 1.42. The summed E-state index contributed by atoms with van der Waals surface area (Å²) in [6, 6.07) is 0. The van der Waals surface area contributed by atoms with Crippen LogP contribution in [-0.4, -0.2) is 36.2 Å². The van der Waals surface area contributed by atoms with Crippen molar-refractivity contribution in [2.45, 2.75) is 38.0 Å². The molecule has 0 spiro atoms. The molecule has 14 heavy (non-hydrogen) atoms. The van der Waals surface area contributed by atoms with Crippen LogP contribution in [0.15, 0.2) is 0 Å². The fraction of sp³-hybridized carbons (Fsp3) is 0.900. The molecular weight excluding hydrogens is 198 g/mol. The maximum atomic E-state index is 11.1. The van der Waals surface area contributed by atoms with E-state index in [9.17, 15) is 4.79 Å². The molecule has 1 aliphatic heterocycles. The molecule has 1 saturated heterocycles. The lowest BCUT2D eigenvalue weighted by molar-refractivity contribution is -0.146. The third-order valence-corrected chi connectivity index (χ3v) is 3.43. The minimum absolute atomic E-state index is 0.00912. The third kappa shape index (κ3) is 4.86. The van der Waals surface area contributed by atoms with Gasteiger partial charge in [-0.3, -0.25) is 4.79 Å². The molecule has 1 atom stereocenters. The van der Waals surface area contributed by atoms with Gasteiger partial charge in [0.05, 0.1) is 12.6 Å². The molecule has 0 aromatic rings. The number of nitrogens with one attached hydrogen (secondary N) is 1. The van der Waals surface area contributed by atoms with Gasteiger partial charge in [-0.2, -0.15) is 11.8 Å². The summed E-state index contributed by atoms with van der Waals surface area (Å²) in [6.45, 7) is 5.00. The molecule has 1 heterocycles. The smallest absolute Gasteiger partial charge is 0.320 e. The highest BCUT2D eigenvalue weighted by Gasteiger charge is 2.15. The van der Waals surface area contributed by atoms with Crippen LogP contribution in [0.1, 0.15) is 26.7 Å². The Bertz CT molecular complexity index is 179. The van der Waals surface area contributed by atoms with Gasteiger partial charge in [0.15, 0.2) is 0 Å². The van der Waals surface area contributed by atoms with Crippen LogP contribution in [0.4, 0.5) is 0 Å². The van der Waals surface area contributed by atoms with Gasteiger partial charge in [0.1, 0.15) is 0 Å². The van der Waals surface area contributed by atoms with E-state index in [4.69, 9.17) is 4.74 Å². The van der Waals surface area contributed by atoms with Crippen LogP contribution < -0.4 is 5.32 Å². The van der Waals surface area contributed by atoms with Crippen LogP contribution in [0, 0.1) is 0 Å². The highest BCUT2D eigenvalue weighted by atomic mass is 32.2. The first kappa shape index (κ1) is 11.9. The molecule has 0 amide bonds. The SMILES string of the molecule is CC(C)OC(=O)CNCC1CCCS1. The van der Waals surface area contributed by atoms with E-state index in [1.165, 1.54) is 18.6 Å². The van der Waals surface area contributed by atoms with Crippen molar-refractivity contribution in [2.75, 3.05) is 18.8 Å². The summed E-state index contributed by atoms with van der Waals surface area (Å²) >= 11 is 1.99. The summed E-state index contributed by atoms with van der Waals surface area (Å²) in [5, 5.41) is 3.83. The summed E-state index contributed by atoms with van der Waals surface area (Å²) in [4.78, 5) is 11.1. The second-order valence-electron chi connectivity index (χ2n) is 3.80. The molecule has 1 unspecified atom stereocenters. The molecule has 1 fully saturated rings. The molecule has 0 aromatic carbocycles. The van der Waals surface area contributed by atoms with Gasteiger partial charge in [0.2, 0.25) is 0 Å². The predicted molar refractivity (Wildman–Crippen MR) is 59.6 cm³/mol. The summed E-state index contributed by atoms with van der Waals surface area (Å²) in [6.07, 6.45) is 2.58. The Morgan fingerprint density at radius 2 is 2.43 bits per heavy atom. The highest BCUT2D eigenvalue weighted by molar-refractivity contribution is 8.00. The minimum atomic E-state index is -0.150. The fourth-order valence-corrected chi connectivity index (χ4v) is 2.68. The number of hydrogen-bond acceptors (Lipinski definition) is 4. The normalized spacial score (nSPS) is 21.5. The largest absolute Gasteiger partial charge is 0.462 e. The van der Waals surface area contributed by atoms with Crippen molar-refractivity contribution in [1.29, 1.82) is 0 Å². The van der Waals surface area contributed by atoms with Crippen LogP contribution in [-0.2, 0) is 9.53 Å². The van der Waals surface area contributed by atoms with Gasteiger partial charge >= 0.3 is 5.97 Å². The molecule has 0 aliphatic carbocycles. The van der Waals surface area contributed by atoms with Gasteiger partial charge in [0.25, 0.3) is 0 Å². The van der Waals surface area contributed by atoms with Crippen molar-refractivity contribution >= 4 is 17.7 Å². The van der Waals surface area contributed by atoms with E-state index in [0.717, 1.165) is 6.54 Å². The zero-order valence-electron chi connectivity index (χ0n) is 8.91. The highest BCUT2D eigenvalue weighted by Crippen LogP contribution is 2.24. The average Bonchev–Trinajstić information content (AvgIpc) is 2.55. The van der Waals surface area contributed by atoms with Gasteiger partial charge < -0.3 is 10.1 Å². The van der Waals surface area contributed by atoms with E-state index in [1.54, 1.807) is 0 Å². The lowest BCUT2D eigenvalue weighted by atomic mass is 10.2. The number of esters is 1. The van der Waals surface area contributed by atoms with Crippen molar-refractivity contribution in [1.82, 2.24) is 5.32 Å². The number of carbonyl (C=O) groups is 1.